The number of benzene rings is 1. The molecule has 1 fully saturated rings. The van der Waals surface area contributed by atoms with Gasteiger partial charge in [0.15, 0.2) is 5.65 Å². The molecular formula is C16H18N4. The first-order valence-corrected chi connectivity index (χ1v) is 7.32. The van der Waals surface area contributed by atoms with Crippen molar-refractivity contribution in [2.24, 2.45) is 0 Å². The third-order valence-corrected chi connectivity index (χ3v) is 4.23. The Hall–Kier alpha value is -2.10. The molecule has 2 aromatic heterocycles. The molecule has 4 heteroatoms. The highest BCUT2D eigenvalue weighted by Gasteiger charge is 2.16. The van der Waals surface area contributed by atoms with Crippen LogP contribution in [0.3, 0.4) is 0 Å². The number of nitrogens with one attached hydrogen (secondary N) is 1. The van der Waals surface area contributed by atoms with Gasteiger partial charge in [0, 0.05) is 18.4 Å². The van der Waals surface area contributed by atoms with Crippen LogP contribution < -0.4 is 5.32 Å². The lowest BCUT2D eigenvalue weighted by atomic mass is 10.2. The first-order valence-electron chi connectivity index (χ1n) is 7.32. The first-order chi connectivity index (χ1) is 9.83. The fraction of sp³-hybridized carbons (Fsp3) is 0.375. The van der Waals surface area contributed by atoms with E-state index in [9.17, 15) is 0 Å². The number of hydrogen-bond donors (Lipinski definition) is 1. The van der Waals surface area contributed by atoms with Gasteiger partial charge in [-0.1, -0.05) is 18.9 Å². The molecule has 1 saturated carbocycles. The first kappa shape index (κ1) is 11.7. The minimum absolute atomic E-state index is 0.598. The van der Waals surface area contributed by atoms with Crippen LogP contribution in [0.25, 0.3) is 16.7 Å². The molecule has 0 bridgehead atoms. The van der Waals surface area contributed by atoms with Crippen LogP contribution in [0, 0.1) is 6.92 Å². The summed E-state index contributed by atoms with van der Waals surface area (Å²) in [6.45, 7) is 2.02. The maximum atomic E-state index is 4.77. The average Bonchev–Trinajstić information content (AvgIpc) is 3.11. The minimum atomic E-state index is 0.598. The Morgan fingerprint density at radius 3 is 2.95 bits per heavy atom. The van der Waals surface area contributed by atoms with Crippen molar-refractivity contribution in [1.29, 1.82) is 0 Å². The molecule has 0 amide bonds. The van der Waals surface area contributed by atoms with Crippen LogP contribution in [0.5, 0.6) is 0 Å². The number of hydrogen-bond acceptors (Lipinski definition) is 3. The summed E-state index contributed by atoms with van der Waals surface area (Å²) in [6, 6.07) is 6.93. The Labute approximate surface area is 117 Å². The molecule has 0 radical (unpaired) electrons. The zero-order valence-corrected chi connectivity index (χ0v) is 11.6. The van der Waals surface area contributed by atoms with Crippen molar-refractivity contribution < 1.29 is 0 Å². The van der Waals surface area contributed by atoms with Crippen LogP contribution in [0.4, 0.5) is 5.69 Å². The van der Waals surface area contributed by atoms with E-state index >= 15 is 0 Å². The van der Waals surface area contributed by atoms with Gasteiger partial charge in [-0.25, -0.2) is 9.97 Å². The van der Waals surface area contributed by atoms with Gasteiger partial charge in [0.1, 0.15) is 5.52 Å². The molecule has 0 atom stereocenters. The second-order valence-corrected chi connectivity index (χ2v) is 5.62. The third kappa shape index (κ3) is 1.75. The second-order valence-electron chi connectivity index (χ2n) is 5.62. The van der Waals surface area contributed by atoms with Crippen molar-refractivity contribution in [2.75, 3.05) is 5.32 Å². The van der Waals surface area contributed by atoms with Crippen molar-refractivity contribution in [3.63, 3.8) is 0 Å². The SMILES string of the molecule is Cc1nc2c(NC3CCCC3)cccc2n2ccnc12. The average molecular weight is 266 g/mol. The molecule has 4 nitrogen and oxygen atoms in total. The fourth-order valence-electron chi connectivity index (χ4n) is 3.23. The van der Waals surface area contributed by atoms with E-state index in [0.29, 0.717) is 6.04 Å². The van der Waals surface area contributed by atoms with Crippen LogP contribution in [-0.2, 0) is 0 Å². The number of imidazole rings is 1. The lowest BCUT2D eigenvalue weighted by Gasteiger charge is -2.16. The lowest BCUT2D eigenvalue weighted by molar-refractivity contribution is 0.756. The van der Waals surface area contributed by atoms with Crippen LogP contribution in [0.1, 0.15) is 31.4 Å². The van der Waals surface area contributed by atoms with E-state index in [4.69, 9.17) is 4.98 Å². The number of para-hydroxylation sites is 1. The number of nitrogens with zero attached hydrogens (tertiary/aromatic N) is 3. The van der Waals surface area contributed by atoms with Crippen LogP contribution in [0.2, 0.25) is 0 Å². The van der Waals surface area contributed by atoms with Crippen LogP contribution in [-0.4, -0.2) is 20.4 Å². The standard InChI is InChI=1S/C16H18N4/c1-11-16-17-9-10-20(16)14-8-4-7-13(15(14)18-11)19-12-5-2-3-6-12/h4,7-10,12,19H,2-3,5-6H2,1H3. The van der Waals surface area contributed by atoms with E-state index in [2.05, 4.69) is 32.9 Å². The fourth-order valence-corrected chi connectivity index (χ4v) is 3.23. The van der Waals surface area contributed by atoms with Gasteiger partial charge in [-0.15, -0.1) is 0 Å². The van der Waals surface area contributed by atoms with Crippen LogP contribution in [0.15, 0.2) is 30.6 Å². The van der Waals surface area contributed by atoms with E-state index in [1.165, 1.54) is 25.7 Å². The van der Waals surface area contributed by atoms with Gasteiger partial charge in [0.05, 0.1) is 16.9 Å². The van der Waals surface area contributed by atoms with Crippen molar-refractivity contribution in [3.8, 4) is 0 Å². The largest absolute Gasteiger partial charge is 0.381 e. The molecule has 1 aliphatic carbocycles. The molecule has 20 heavy (non-hydrogen) atoms. The topological polar surface area (TPSA) is 42.2 Å². The molecule has 1 aliphatic rings. The third-order valence-electron chi connectivity index (χ3n) is 4.23. The van der Waals surface area contributed by atoms with Crippen LogP contribution >= 0.6 is 0 Å². The number of anilines is 1. The molecule has 1 aromatic carbocycles. The number of rotatable bonds is 2. The highest BCUT2D eigenvalue weighted by molar-refractivity contribution is 5.90. The van der Waals surface area contributed by atoms with E-state index in [0.717, 1.165) is 28.1 Å². The van der Waals surface area contributed by atoms with E-state index in [-0.39, 0.29) is 0 Å². The Morgan fingerprint density at radius 2 is 2.10 bits per heavy atom. The molecule has 102 valence electrons. The van der Waals surface area contributed by atoms with Crippen molar-refractivity contribution in [3.05, 3.63) is 36.3 Å². The molecule has 0 aliphatic heterocycles. The summed E-state index contributed by atoms with van der Waals surface area (Å²) in [5.74, 6) is 0. The Morgan fingerprint density at radius 1 is 1.25 bits per heavy atom. The van der Waals surface area contributed by atoms with Crippen molar-refractivity contribution in [2.45, 2.75) is 38.6 Å². The van der Waals surface area contributed by atoms with Gasteiger partial charge >= 0.3 is 0 Å². The number of aryl methyl sites for hydroxylation is 1. The van der Waals surface area contributed by atoms with Gasteiger partial charge in [0.2, 0.25) is 0 Å². The zero-order chi connectivity index (χ0) is 13.5. The maximum Gasteiger partial charge on any atom is 0.158 e. The summed E-state index contributed by atoms with van der Waals surface area (Å²) < 4.78 is 2.12. The summed E-state index contributed by atoms with van der Waals surface area (Å²) in [4.78, 5) is 9.15. The zero-order valence-electron chi connectivity index (χ0n) is 11.6. The van der Waals surface area contributed by atoms with Gasteiger partial charge in [0.25, 0.3) is 0 Å². The lowest BCUT2D eigenvalue weighted by Crippen LogP contribution is -2.15. The highest BCUT2D eigenvalue weighted by Crippen LogP contribution is 2.27. The van der Waals surface area contributed by atoms with Crippen molar-refractivity contribution in [1.82, 2.24) is 14.4 Å². The van der Waals surface area contributed by atoms with Gasteiger partial charge in [-0.05, 0) is 31.9 Å². The summed E-state index contributed by atoms with van der Waals surface area (Å²) >= 11 is 0. The van der Waals surface area contributed by atoms with E-state index < -0.39 is 0 Å². The van der Waals surface area contributed by atoms with E-state index in [1.54, 1.807) is 0 Å². The molecule has 0 unspecified atom stereocenters. The summed E-state index contributed by atoms with van der Waals surface area (Å²) in [5.41, 5.74) is 5.22. The van der Waals surface area contributed by atoms with E-state index in [1.807, 2.05) is 19.3 Å². The molecule has 0 saturated heterocycles. The molecular weight excluding hydrogens is 248 g/mol. The van der Waals surface area contributed by atoms with Gasteiger partial charge < -0.3 is 5.32 Å². The molecule has 1 N–H and O–H groups in total. The summed E-state index contributed by atoms with van der Waals surface area (Å²) in [7, 11) is 0. The monoisotopic (exact) mass is 266 g/mol. The summed E-state index contributed by atoms with van der Waals surface area (Å²) in [5, 5.41) is 3.67. The number of aromatic nitrogens is 3. The maximum absolute atomic E-state index is 4.77. The smallest absolute Gasteiger partial charge is 0.158 e. The highest BCUT2D eigenvalue weighted by atomic mass is 15.0. The van der Waals surface area contributed by atoms with Gasteiger partial charge in [-0.3, -0.25) is 4.40 Å². The number of fused-ring (bicyclic) bond motifs is 3. The Kier molecular flexibility index (Phi) is 2.62. The quantitative estimate of drug-likeness (QED) is 0.771. The summed E-state index contributed by atoms with van der Waals surface area (Å²) in [6.07, 6.45) is 9.04. The van der Waals surface area contributed by atoms with Gasteiger partial charge in [-0.2, -0.15) is 0 Å². The predicted octanol–water partition coefficient (Wildman–Crippen LogP) is 3.55. The normalized spacial score (nSPS) is 16.2. The van der Waals surface area contributed by atoms with Crippen molar-refractivity contribution >= 4 is 22.4 Å². The molecule has 2 heterocycles. The minimum Gasteiger partial charge on any atom is -0.381 e. The Balaban J connectivity index is 1.90. The molecule has 4 rings (SSSR count). The molecule has 0 spiro atoms. The predicted molar refractivity (Wildman–Crippen MR) is 81.1 cm³/mol. The second kappa shape index (κ2) is 4.47. The Bertz CT molecular complexity index is 769. The molecule has 3 aromatic rings.